The molecule has 0 saturated carbocycles. The van der Waals surface area contributed by atoms with Gasteiger partial charge in [-0.1, -0.05) is 91.0 Å². The third-order valence-electron chi connectivity index (χ3n) is 6.88. The number of nitrogens with zero attached hydrogens (tertiary/aromatic N) is 2. The van der Waals surface area contributed by atoms with E-state index in [1.807, 2.05) is 91.0 Å². The fourth-order valence-electron chi connectivity index (χ4n) is 4.61. The van der Waals surface area contributed by atoms with E-state index < -0.39 is 29.3 Å². The SMILES string of the molecule is O=C(ON1C(=O)CCC1=O)c1c(OCc2ccccc2)c(=O)ccn1CC(COCc1ccccc1)OCc1ccccc1. The van der Waals surface area contributed by atoms with Crippen LogP contribution in [0.3, 0.4) is 0 Å². The number of hydrogen-bond acceptors (Lipinski definition) is 8. The van der Waals surface area contributed by atoms with Gasteiger partial charge in [-0.15, -0.1) is 5.06 Å². The quantitative estimate of drug-likeness (QED) is 0.196. The van der Waals surface area contributed by atoms with E-state index in [1.54, 1.807) is 0 Å². The van der Waals surface area contributed by atoms with Crippen LogP contribution < -0.4 is 10.2 Å². The van der Waals surface area contributed by atoms with Crippen LogP contribution >= 0.6 is 0 Å². The summed E-state index contributed by atoms with van der Waals surface area (Å²) in [7, 11) is 0. The van der Waals surface area contributed by atoms with Gasteiger partial charge in [0.1, 0.15) is 6.61 Å². The average Bonchev–Trinajstić information content (AvgIpc) is 3.37. The summed E-state index contributed by atoms with van der Waals surface area (Å²) < 4.78 is 19.6. The summed E-state index contributed by atoms with van der Waals surface area (Å²) in [6.07, 6.45) is 0.709. The van der Waals surface area contributed by atoms with Crippen LogP contribution in [0.1, 0.15) is 40.0 Å². The van der Waals surface area contributed by atoms with Crippen LogP contribution in [0, 0.1) is 0 Å². The second-order valence-electron chi connectivity index (χ2n) is 10.2. The molecule has 2 amide bonds. The average molecular weight is 597 g/mol. The maximum absolute atomic E-state index is 13.6. The number of carbonyl (C=O) groups is 3. The van der Waals surface area contributed by atoms with E-state index in [0.29, 0.717) is 11.7 Å². The summed E-state index contributed by atoms with van der Waals surface area (Å²) in [5.74, 6) is -2.63. The Balaban J connectivity index is 1.43. The van der Waals surface area contributed by atoms with Gasteiger partial charge in [-0.2, -0.15) is 0 Å². The minimum atomic E-state index is -1.08. The summed E-state index contributed by atoms with van der Waals surface area (Å²) in [5.41, 5.74) is 1.88. The normalized spacial score (nSPS) is 13.6. The van der Waals surface area contributed by atoms with Crippen molar-refractivity contribution >= 4 is 17.8 Å². The Hall–Kier alpha value is -5.06. The van der Waals surface area contributed by atoms with Gasteiger partial charge in [-0.05, 0) is 16.7 Å². The second-order valence-corrected chi connectivity index (χ2v) is 10.2. The van der Waals surface area contributed by atoms with Crippen molar-refractivity contribution in [2.24, 2.45) is 0 Å². The number of ether oxygens (including phenoxy) is 3. The number of pyridine rings is 1. The zero-order valence-electron chi connectivity index (χ0n) is 24.0. The van der Waals surface area contributed by atoms with Crippen molar-refractivity contribution in [3.63, 3.8) is 0 Å². The number of imide groups is 1. The molecular weight excluding hydrogens is 564 g/mol. The molecule has 10 nitrogen and oxygen atoms in total. The summed E-state index contributed by atoms with van der Waals surface area (Å²) in [5, 5.41) is 0.442. The van der Waals surface area contributed by atoms with Crippen LogP contribution in [0.15, 0.2) is 108 Å². The monoisotopic (exact) mass is 596 g/mol. The number of rotatable bonds is 14. The summed E-state index contributed by atoms with van der Waals surface area (Å²) in [4.78, 5) is 56.3. The molecule has 5 rings (SSSR count). The van der Waals surface area contributed by atoms with E-state index in [0.717, 1.165) is 16.7 Å². The van der Waals surface area contributed by atoms with Crippen LogP contribution in [0.2, 0.25) is 0 Å². The second kappa shape index (κ2) is 14.9. The van der Waals surface area contributed by atoms with Gasteiger partial charge in [0, 0.05) is 25.1 Å². The highest BCUT2D eigenvalue weighted by Gasteiger charge is 2.35. The van der Waals surface area contributed by atoms with Gasteiger partial charge in [0.2, 0.25) is 5.43 Å². The molecule has 226 valence electrons. The van der Waals surface area contributed by atoms with E-state index >= 15 is 0 Å². The van der Waals surface area contributed by atoms with Gasteiger partial charge in [0.15, 0.2) is 11.4 Å². The highest BCUT2D eigenvalue weighted by atomic mass is 16.7. The first-order chi connectivity index (χ1) is 21.5. The Morgan fingerprint density at radius 3 is 1.84 bits per heavy atom. The first-order valence-electron chi connectivity index (χ1n) is 14.2. The molecule has 44 heavy (non-hydrogen) atoms. The van der Waals surface area contributed by atoms with Crippen molar-refractivity contribution in [2.45, 2.75) is 45.3 Å². The molecule has 1 aromatic heterocycles. The molecule has 2 heterocycles. The molecule has 10 heteroatoms. The van der Waals surface area contributed by atoms with Gasteiger partial charge in [-0.25, -0.2) is 4.79 Å². The minimum Gasteiger partial charge on any atom is -0.482 e. The smallest absolute Gasteiger partial charge is 0.384 e. The zero-order chi connectivity index (χ0) is 30.7. The third kappa shape index (κ3) is 8.06. The molecule has 0 N–H and O–H groups in total. The summed E-state index contributed by atoms with van der Waals surface area (Å²) in [6, 6.07) is 29.7. The maximum atomic E-state index is 13.6. The van der Waals surface area contributed by atoms with E-state index in [-0.39, 0.29) is 50.7 Å². The summed E-state index contributed by atoms with van der Waals surface area (Å²) >= 11 is 0. The summed E-state index contributed by atoms with van der Waals surface area (Å²) in [6.45, 7) is 0.835. The van der Waals surface area contributed by atoms with Crippen molar-refractivity contribution in [2.75, 3.05) is 6.61 Å². The molecule has 1 atom stereocenters. The Bertz CT molecular complexity index is 1610. The van der Waals surface area contributed by atoms with E-state index in [9.17, 15) is 19.2 Å². The third-order valence-corrected chi connectivity index (χ3v) is 6.88. The topological polar surface area (TPSA) is 113 Å². The lowest BCUT2D eigenvalue weighted by atomic mass is 10.2. The number of hydroxylamine groups is 2. The Labute approximate surface area is 254 Å². The van der Waals surface area contributed by atoms with Crippen LogP contribution in [-0.4, -0.2) is 40.1 Å². The molecule has 0 spiro atoms. The first-order valence-corrected chi connectivity index (χ1v) is 14.2. The van der Waals surface area contributed by atoms with Gasteiger partial charge in [0.25, 0.3) is 11.8 Å². The lowest BCUT2D eigenvalue weighted by Gasteiger charge is -2.23. The molecule has 0 radical (unpaired) electrons. The molecule has 1 aliphatic heterocycles. The lowest BCUT2D eigenvalue weighted by molar-refractivity contribution is -0.172. The molecule has 1 aliphatic rings. The van der Waals surface area contributed by atoms with Crippen molar-refractivity contribution in [1.29, 1.82) is 0 Å². The fraction of sp³-hybridized carbons (Fsp3) is 0.235. The largest absolute Gasteiger partial charge is 0.482 e. The standard InChI is InChI=1S/C34H32N2O8/c37-29-18-19-35(20-28(42-22-26-12-6-2-7-13-26)24-41-21-25-10-4-1-5-11-25)32(33(29)43-23-27-14-8-3-9-15-27)34(40)44-36-30(38)16-17-31(36)39/h1-15,18-19,28H,16-17,20-24H2. The number of amides is 2. The number of aromatic nitrogens is 1. The molecular formula is C34H32N2O8. The van der Waals surface area contributed by atoms with Crippen molar-refractivity contribution in [1.82, 2.24) is 9.63 Å². The van der Waals surface area contributed by atoms with Crippen LogP contribution in [-0.2, 0) is 50.3 Å². The molecule has 0 bridgehead atoms. The molecule has 3 aromatic carbocycles. The predicted octanol–water partition coefficient (Wildman–Crippen LogP) is 4.45. The Morgan fingerprint density at radius 1 is 0.705 bits per heavy atom. The van der Waals surface area contributed by atoms with Crippen LogP contribution in [0.25, 0.3) is 0 Å². The number of hydrogen-bond donors (Lipinski definition) is 0. The van der Waals surface area contributed by atoms with Crippen LogP contribution in [0.4, 0.5) is 0 Å². The van der Waals surface area contributed by atoms with Gasteiger partial charge in [0.05, 0.1) is 32.5 Å². The predicted molar refractivity (Wildman–Crippen MR) is 159 cm³/mol. The van der Waals surface area contributed by atoms with Gasteiger partial charge in [-0.3, -0.25) is 14.4 Å². The molecule has 1 fully saturated rings. The molecule has 1 unspecified atom stereocenters. The fourth-order valence-corrected chi connectivity index (χ4v) is 4.61. The van der Waals surface area contributed by atoms with E-state index in [4.69, 9.17) is 19.0 Å². The van der Waals surface area contributed by atoms with Crippen LogP contribution in [0.5, 0.6) is 5.75 Å². The maximum Gasteiger partial charge on any atom is 0.384 e. The zero-order valence-corrected chi connectivity index (χ0v) is 24.0. The van der Waals surface area contributed by atoms with Crippen molar-refractivity contribution in [3.8, 4) is 5.75 Å². The lowest BCUT2D eigenvalue weighted by Crippen LogP contribution is -2.35. The first kappa shape index (κ1) is 30.4. The highest BCUT2D eigenvalue weighted by Crippen LogP contribution is 2.21. The van der Waals surface area contributed by atoms with E-state index in [2.05, 4.69) is 0 Å². The number of carbonyl (C=O) groups excluding carboxylic acids is 3. The molecule has 4 aromatic rings. The van der Waals surface area contributed by atoms with Crippen molar-refractivity contribution in [3.05, 3.63) is 136 Å². The van der Waals surface area contributed by atoms with Crippen molar-refractivity contribution < 1.29 is 33.4 Å². The van der Waals surface area contributed by atoms with Gasteiger partial charge >= 0.3 is 5.97 Å². The Morgan fingerprint density at radius 2 is 1.25 bits per heavy atom. The molecule has 0 aliphatic carbocycles. The minimum absolute atomic E-state index is 0.00390. The highest BCUT2D eigenvalue weighted by molar-refractivity contribution is 6.02. The Kier molecular flexibility index (Phi) is 10.3. The van der Waals surface area contributed by atoms with Gasteiger partial charge < -0.3 is 23.6 Å². The molecule has 1 saturated heterocycles. The van der Waals surface area contributed by atoms with E-state index in [1.165, 1.54) is 16.8 Å². The number of benzene rings is 3.